The number of halogens is 2. The number of hydrogen-bond donors (Lipinski definition) is 1. The molecule has 3 nitrogen and oxygen atoms in total. The van der Waals surface area contributed by atoms with Crippen molar-refractivity contribution in [2.75, 3.05) is 5.32 Å². The van der Waals surface area contributed by atoms with Crippen molar-refractivity contribution in [3.63, 3.8) is 0 Å². The van der Waals surface area contributed by atoms with Gasteiger partial charge in [0.2, 0.25) is 0 Å². The van der Waals surface area contributed by atoms with Crippen LogP contribution in [-0.2, 0) is 20.0 Å². The van der Waals surface area contributed by atoms with E-state index in [1.165, 1.54) is 0 Å². The molecule has 0 spiro atoms. The van der Waals surface area contributed by atoms with E-state index in [0.717, 1.165) is 23.5 Å². The highest BCUT2D eigenvalue weighted by Crippen LogP contribution is 2.29. The molecule has 5 heteroatoms. The standard InChI is InChI=1S/C13H15Cl2N3/c1-3-9-7-10(18(2)17-9)8-16-12-6-4-5-11(14)13(12)15/h4-7,16H,3,8H2,1-2H3. The van der Waals surface area contributed by atoms with Crippen LogP contribution in [0.1, 0.15) is 18.3 Å². The number of anilines is 1. The number of nitrogens with one attached hydrogen (secondary N) is 1. The van der Waals surface area contributed by atoms with Gasteiger partial charge in [-0.3, -0.25) is 4.68 Å². The molecule has 0 saturated heterocycles. The van der Waals surface area contributed by atoms with Crippen LogP contribution in [0.2, 0.25) is 10.0 Å². The third-order valence-electron chi connectivity index (χ3n) is 2.80. The van der Waals surface area contributed by atoms with Crippen molar-refractivity contribution in [1.29, 1.82) is 0 Å². The minimum Gasteiger partial charge on any atom is -0.378 e. The van der Waals surface area contributed by atoms with Crippen LogP contribution in [-0.4, -0.2) is 9.78 Å². The highest BCUT2D eigenvalue weighted by atomic mass is 35.5. The smallest absolute Gasteiger partial charge is 0.0823 e. The van der Waals surface area contributed by atoms with Gasteiger partial charge in [0.25, 0.3) is 0 Å². The third kappa shape index (κ3) is 2.79. The fourth-order valence-corrected chi connectivity index (χ4v) is 2.10. The Morgan fingerprint density at radius 1 is 1.33 bits per heavy atom. The van der Waals surface area contributed by atoms with Gasteiger partial charge in [0.15, 0.2) is 0 Å². The van der Waals surface area contributed by atoms with Crippen molar-refractivity contribution >= 4 is 28.9 Å². The van der Waals surface area contributed by atoms with Gasteiger partial charge in [-0.15, -0.1) is 0 Å². The van der Waals surface area contributed by atoms with Crippen LogP contribution in [0.25, 0.3) is 0 Å². The van der Waals surface area contributed by atoms with Gasteiger partial charge in [0.05, 0.1) is 33.7 Å². The summed E-state index contributed by atoms with van der Waals surface area (Å²) in [5.41, 5.74) is 3.04. The maximum Gasteiger partial charge on any atom is 0.0823 e. The normalized spacial score (nSPS) is 10.7. The van der Waals surface area contributed by atoms with Crippen molar-refractivity contribution in [2.24, 2.45) is 7.05 Å². The number of rotatable bonds is 4. The highest BCUT2D eigenvalue weighted by Gasteiger charge is 2.06. The number of aromatic nitrogens is 2. The zero-order valence-electron chi connectivity index (χ0n) is 10.4. The summed E-state index contributed by atoms with van der Waals surface area (Å²) in [6, 6.07) is 7.64. The van der Waals surface area contributed by atoms with Crippen LogP contribution in [0, 0.1) is 0 Å². The Bertz CT molecular complexity index is 549. The summed E-state index contributed by atoms with van der Waals surface area (Å²) in [7, 11) is 1.94. The molecule has 0 aliphatic carbocycles. The summed E-state index contributed by atoms with van der Waals surface area (Å²) < 4.78 is 1.88. The van der Waals surface area contributed by atoms with E-state index in [4.69, 9.17) is 23.2 Å². The van der Waals surface area contributed by atoms with E-state index in [9.17, 15) is 0 Å². The first-order valence-corrected chi connectivity index (χ1v) is 6.57. The Labute approximate surface area is 117 Å². The van der Waals surface area contributed by atoms with E-state index >= 15 is 0 Å². The molecular weight excluding hydrogens is 269 g/mol. The second-order valence-corrected chi connectivity index (χ2v) is 4.84. The molecule has 96 valence electrons. The van der Waals surface area contributed by atoms with Crippen molar-refractivity contribution in [3.8, 4) is 0 Å². The summed E-state index contributed by atoms with van der Waals surface area (Å²) in [6.45, 7) is 2.76. The van der Waals surface area contributed by atoms with Crippen LogP contribution in [0.5, 0.6) is 0 Å². The lowest BCUT2D eigenvalue weighted by Gasteiger charge is -2.09. The Morgan fingerprint density at radius 2 is 2.11 bits per heavy atom. The Morgan fingerprint density at radius 3 is 2.78 bits per heavy atom. The molecule has 2 rings (SSSR count). The maximum atomic E-state index is 6.11. The number of hydrogen-bond acceptors (Lipinski definition) is 2. The van der Waals surface area contributed by atoms with Gasteiger partial charge in [0, 0.05) is 7.05 Å². The Balaban J connectivity index is 2.11. The van der Waals surface area contributed by atoms with Gasteiger partial charge < -0.3 is 5.32 Å². The van der Waals surface area contributed by atoms with Crippen molar-refractivity contribution < 1.29 is 0 Å². The lowest BCUT2D eigenvalue weighted by molar-refractivity contribution is 0.707. The predicted molar refractivity (Wildman–Crippen MR) is 76.4 cm³/mol. The summed E-state index contributed by atoms with van der Waals surface area (Å²) in [6.07, 6.45) is 0.936. The summed E-state index contributed by atoms with van der Waals surface area (Å²) in [5, 5.41) is 8.78. The quantitative estimate of drug-likeness (QED) is 0.922. The second kappa shape index (κ2) is 5.63. The average molecular weight is 284 g/mol. The van der Waals surface area contributed by atoms with E-state index < -0.39 is 0 Å². The summed E-state index contributed by atoms with van der Waals surface area (Å²) in [4.78, 5) is 0. The van der Waals surface area contributed by atoms with Crippen LogP contribution in [0.4, 0.5) is 5.69 Å². The van der Waals surface area contributed by atoms with Gasteiger partial charge in [-0.2, -0.15) is 5.10 Å². The van der Waals surface area contributed by atoms with Gasteiger partial charge in [-0.25, -0.2) is 0 Å². The molecule has 1 N–H and O–H groups in total. The molecule has 0 amide bonds. The summed E-state index contributed by atoms with van der Waals surface area (Å²) >= 11 is 12.1. The zero-order chi connectivity index (χ0) is 13.1. The molecule has 0 aliphatic heterocycles. The first kappa shape index (κ1) is 13.2. The molecule has 0 fully saturated rings. The molecular formula is C13H15Cl2N3. The Kier molecular flexibility index (Phi) is 4.15. The van der Waals surface area contributed by atoms with Crippen LogP contribution >= 0.6 is 23.2 Å². The van der Waals surface area contributed by atoms with E-state index in [1.807, 2.05) is 23.9 Å². The Hall–Kier alpha value is -1.19. The van der Waals surface area contributed by atoms with Gasteiger partial charge in [-0.05, 0) is 24.6 Å². The largest absolute Gasteiger partial charge is 0.378 e. The molecule has 0 unspecified atom stereocenters. The first-order chi connectivity index (χ1) is 8.61. The minimum absolute atomic E-state index is 0.553. The zero-order valence-corrected chi connectivity index (χ0v) is 11.9. The van der Waals surface area contributed by atoms with E-state index in [1.54, 1.807) is 6.07 Å². The van der Waals surface area contributed by atoms with E-state index in [0.29, 0.717) is 16.6 Å². The van der Waals surface area contributed by atoms with E-state index in [-0.39, 0.29) is 0 Å². The maximum absolute atomic E-state index is 6.11. The molecule has 0 atom stereocenters. The van der Waals surface area contributed by atoms with Crippen molar-refractivity contribution in [3.05, 3.63) is 45.7 Å². The van der Waals surface area contributed by atoms with Crippen LogP contribution in [0.15, 0.2) is 24.3 Å². The molecule has 1 aromatic carbocycles. The number of nitrogens with zero attached hydrogens (tertiary/aromatic N) is 2. The fraction of sp³-hybridized carbons (Fsp3) is 0.308. The number of aryl methyl sites for hydroxylation is 2. The van der Waals surface area contributed by atoms with E-state index in [2.05, 4.69) is 23.4 Å². The summed E-state index contributed by atoms with van der Waals surface area (Å²) in [5.74, 6) is 0. The molecule has 18 heavy (non-hydrogen) atoms. The van der Waals surface area contributed by atoms with Gasteiger partial charge in [0.1, 0.15) is 0 Å². The first-order valence-electron chi connectivity index (χ1n) is 5.81. The predicted octanol–water partition coefficient (Wildman–Crippen LogP) is 3.90. The molecule has 0 radical (unpaired) electrons. The lowest BCUT2D eigenvalue weighted by atomic mass is 10.3. The second-order valence-electron chi connectivity index (χ2n) is 4.06. The third-order valence-corrected chi connectivity index (χ3v) is 3.62. The average Bonchev–Trinajstić information content (AvgIpc) is 2.72. The van der Waals surface area contributed by atoms with Crippen LogP contribution in [0.3, 0.4) is 0 Å². The van der Waals surface area contributed by atoms with Gasteiger partial charge >= 0.3 is 0 Å². The SMILES string of the molecule is CCc1cc(CNc2cccc(Cl)c2Cl)n(C)n1. The molecule has 2 aromatic rings. The molecule has 1 heterocycles. The molecule has 0 saturated carbocycles. The van der Waals surface area contributed by atoms with Crippen molar-refractivity contribution in [1.82, 2.24) is 9.78 Å². The lowest BCUT2D eigenvalue weighted by Crippen LogP contribution is -2.05. The van der Waals surface area contributed by atoms with Gasteiger partial charge in [-0.1, -0.05) is 36.2 Å². The monoisotopic (exact) mass is 283 g/mol. The highest BCUT2D eigenvalue weighted by molar-refractivity contribution is 6.43. The van der Waals surface area contributed by atoms with Crippen molar-refractivity contribution in [2.45, 2.75) is 19.9 Å². The molecule has 0 bridgehead atoms. The number of benzene rings is 1. The molecule has 1 aromatic heterocycles. The van der Waals surface area contributed by atoms with Crippen LogP contribution < -0.4 is 5.32 Å². The molecule has 0 aliphatic rings. The minimum atomic E-state index is 0.553. The fourth-order valence-electron chi connectivity index (χ4n) is 1.74. The topological polar surface area (TPSA) is 29.9 Å².